The van der Waals surface area contributed by atoms with Gasteiger partial charge in [0.15, 0.2) is 5.82 Å². The average Bonchev–Trinajstić information content (AvgIpc) is 2.94. The Kier molecular flexibility index (Phi) is 3.37. The Morgan fingerprint density at radius 2 is 1.86 bits per heavy atom. The minimum absolute atomic E-state index is 0.527. The van der Waals surface area contributed by atoms with E-state index in [1.807, 2.05) is 25.4 Å². The van der Waals surface area contributed by atoms with Gasteiger partial charge in [0.2, 0.25) is 0 Å². The van der Waals surface area contributed by atoms with Gasteiger partial charge in [0.1, 0.15) is 5.69 Å². The van der Waals surface area contributed by atoms with Crippen LogP contribution in [-0.4, -0.2) is 19.7 Å². The zero-order valence-electron chi connectivity index (χ0n) is 11.9. The number of hydrazine groups is 1. The van der Waals surface area contributed by atoms with Crippen molar-refractivity contribution in [1.29, 1.82) is 0 Å². The molecule has 3 aromatic rings. The van der Waals surface area contributed by atoms with Crippen LogP contribution in [0.5, 0.6) is 0 Å². The monoisotopic (exact) mass is 280 g/mol. The molecule has 0 unspecified atom stereocenters. The number of rotatable bonds is 3. The zero-order chi connectivity index (χ0) is 14.8. The molecule has 0 saturated heterocycles. The summed E-state index contributed by atoms with van der Waals surface area (Å²) < 4.78 is 1.72. The Labute approximate surface area is 122 Å². The highest BCUT2D eigenvalue weighted by Gasteiger charge is 2.12. The quantitative estimate of drug-likeness (QED) is 0.567. The molecule has 3 rings (SSSR count). The molecule has 0 saturated carbocycles. The molecule has 0 radical (unpaired) electrons. The highest BCUT2D eigenvalue weighted by atomic mass is 15.3. The minimum atomic E-state index is 0.527. The van der Waals surface area contributed by atoms with E-state index in [2.05, 4.69) is 39.5 Å². The summed E-state index contributed by atoms with van der Waals surface area (Å²) in [5.74, 6) is 6.05. The van der Waals surface area contributed by atoms with Gasteiger partial charge < -0.3 is 5.43 Å². The van der Waals surface area contributed by atoms with E-state index in [1.165, 1.54) is 5.56 Å². The molecule has 0 spiro atoms. The molecule has 2 aromatic heterocycles. The van der Waals surface area contributed by atoms with Crippen molar-refractivity contribution in [3.63, 3.8) is 0 Å². The summed E-state index contributed by atoms with van der Waals surface area (Å²) in [6, 6.07) is 8.16. The van der Waals surface area contributed by atoms with Crippen molar-refractivity contribution in [3.05, 3.63) is 48.4 Å². The van der Waals surface area contributed by atoms with E-state index in [9.17, 15) is 0 Å². The second-order valence-corrected chi connectivity index (χ2v) is 4.87. The Morgan fingerprint density at radius 3 is 2.48 bits per heavy atom. The van der Waals surface area contributed by atoms with Gasteiger partial charge in [-0.05, 0) is 6.92 Å². The van der Waals surface area contributed by atoms with Crippen molar-refractivity contribution in [2.75, 3.05) is 5.43 Å². The molecule has 0 aliphatic carbocycles. The van der Waals surface area contributed by atoms with Gasteiger partial charge in [0, 0.05) is 24.4 Å². The third-order valence-electron chi connectivity index (χ3n) is 3.23. The number of aryl methyl sites for hydroxylation is 2. The predicted octanol–water partition coefficient (Wildman–Crippen LogP) is 2.14. The molecule has 0 atom stereocenters. The number of aromatic nitrogens is 4. The Balaban J connectivity index is 2.10. The number of anilines is 1. The largest absolute Gasteiger partial charge is 0.307 e. The van der Waals surface area contributed by atoms with Gasteiger partial charge in [-0.25, -0.2) is 15.8 Å². The topological polar surface area (TPSA) is 81.6 Å². The van der Waals surface area contributed by atoms with Crippen LogP contribution in [0.25, 0.3) is 22.5 Å². The maximum Gasteiger partial charge on any atom is 0.166 e. The summed E-state index contributed by atoms with van der Waals surface area (Å²) in [5, 5.41) is 4.16. The molecule has 21 heavy (non-hydrogen) atoms. The Hall–Kier alpha value is -2.73. The summed E-state index contributed by atoms with van der Waals surface area (Å²) in [6.07, 6.45) is 5.33. The molecule has 106 valence electrons. The number of nitrogen functional groups attached to an aromatic ring is 1. The van der Waals surface area contributed by atoms with E-state index in [1.54, 1.807) is 17.1 Å². The molecule has 3 N–H and O–H groups in total. The summed E-state index contributed by atoms with van der Waals surface area (Å²) in [4.78, 5) is 9.01. The van der Waals surface area contributed by atoms with E-state index < -0.39 is 0 Å². The molecular weight excluding hydrogens is 264 g/mol. The van der Waals surface area contributed by atoms with Crippen molar-refractivity contribution < 1.29 is 0 Å². The molecular formula is C15H16N6. The molecule has 0 aliphatic rings. The van der Waals surface area contributed by atoms with Gasteiger partial charge in [-0.15, -0.1) is 0 Å². The average molecular weight is 280 g/mol. The van der Waals surface area contributed by atoms with E-state index in [0.29, 0.717) is 11.5 Å². The molecule has 6 heteroatoms. The van der Waals surface area contributed by atoms with E-state index in [-0.39, 0.29) is 0 Å². The van der Waals surface area contributed by atoms with Crippen LogP contribution < -0.4 is 11.3 Å². The Morgan fingerprint density at radius 1 is 1.10 bits per heavy atom. The van der Waals surface area contributed by atoms with Gasteiger partial charge in [0.05, 0.1) is 18.1 Å². The number of benzene rings is 1. The molecule has 0 fully saturated rings. The molecule has 6 nitrogen and oxygen atoms in total. The Bertz CT molecular complexity index is 760. The minimum Gasteiger partial charge on any atom is -0.307 e. The van der Waals surface area contributed by atoms with Crippen LogP contribution in [0.3, 0.4) is 0 Å². The van der Waals surface area contributed by atoms with Gasteiger partial charge in [-0.3, -0.25) is 4.68 Å². The number of nitrogens with zero attached hydrogens (tertiary/aromatic N) is 4. The molecule has 1 aromatic carbocycles. The first-order valence-electron chi connectivity index (χ1n) is 6.57. The molecule has 0 aliphatic heterocycles. The van der Waals surface area contributed by atoms with Gasteiger partial charge in [0.25, 0.3) is 0 Å². The summed E-state index contributed by atoms with van der Waals surface area (Å²) in [7, 11) is 1.86. The summed E-state index contributed by atoms with van der Waals surface area (Å²) in [5.41, 5.74) is 7.15. The number of hydrogen-bond acceptors (Lipinski definition) is 5. The van der Waals surface area contributed by atoms with Crippen LogP contribution in [0.1, 0.15) is 5.56 Å². The number of nitrogens with two attached hydrogens (primary N) is 1. The molecule has 2 heterocycles. The normalized spacial score (nSPS) is 10.6. The van der Waals surface area contributed by atoms with Crippen molar-refractivity contribution in [2.24, 2.45) is 12.9 Å². The standard InChI is InChI=1S/C15H16N6/c1-10-3-5-11(6-4-10)13-8-17-15(20-16)14(19-13)12-7-18-21(2)9-12/h3-9H,16H2,1-2H3,(H,17,20). The lowest BCUT2D eigenvalue weighted by Gasteiger charge is -2.08. The molecule has 0 bridgehead atoms. The smallest absolute Gasteiger partial charge is 0.166 e. The van der Waals surface area contributed by atoms with Crippen LogP contribution in [0, 0.1) is 6.92 Å². The van der Waals surface area contributed by atoms with Gasteiger partial charge in [-0.2, -0.15) is 5.10 Å². The second kappa shape index (κ2) is 5.34. The summed E-state index contributed by atoms with van der Waals surface area (Å²) in [6.45, 7) is 2.05. The zero-order valence-corrected chi connectivity index (χ0v) is 11.9. The van der Waals surface area contributed by atoms with Crippen LogP contribution in [-0.2, 0) is 7.05 Å². The first kappa shape index (κ1) is 13.3. The molecule has 0 amide bonds. The first-order chi connectivity index (χ1) is 10.2. The van der Waals surface area contributed by atoms with E-state index in [0.717, 1.165) is 16.8 Å². The third-order valence-corrected chi connectivity index (χ3v) is 3.23. The van der Waals surface area contributed by atoms with Crippen LogP contribution in [0.2, 0.25) is 0 Å². The fourth-order valence-electron chi connectivity index (χ4n) is 2.10. The third kappa shape index (κ3) is 2.61. The van der Waals surface area contributed by atoms with Gasteiger partial charge >= 0.3 is 0 Å². The maximum absolute atomic E-state index is 5.52. The fourth-order valence-corrected chi connectivity index (χ4v) is 2.10. The lowest BCUT2D eigenvalue weighted by atomic mass is 10.1. The van der Waals surface area contributed by atoms with E-state index >= 15 is 0 Å². The number of hydrogen-bond donors (Lipinski definition) is 2. The van der Waals surface area contributed by atoms with Crippen molar-refractivity contribution in [3.8, 4) is 22.5 Å². The fraction of sp³-hybridized carbons (Fsp3) is 0.133. The highest BCUT2D eigenvalue weighted by molar-refractivity contribution is 5.73. The van der Waals surface area contributed by atoms with Crippen molar-refractivity contribution >= 4 is 5.82 Å². The second-order valence-electron chi connectivity index (χ2n) is 4.87. The van der Waals surface area contributed by atoms with E-state index in [4.69, 9.17) is 5.84 Å². The van der Waals surface area contributed by atoms with Crippen molar-refractivity contribution in [1.82, 2.24) is 19.7 Å². The van der Waals surface area contributed by atoms with Gasteiger partial charge in [-0.1, -0.05) is 29.8 Å². The lowest BCUT2D eigenvalue weighted by Crippen LogP contribution is -2.11. The predicted molar refractivity (Wildman–Crippen MR) is 82.2 cm³/mol. The SMILES string of the molecule is Cc1ccc(-c2cnc(NN)c(-c3cnn(C)c3)n2)cc1. The maximum atomic E-state index is 5.52. The lowest BCUT2D eigenvalue weighted by molar-refractivity contribution is 0.768. The number of nitrogens with one attached hydrogen (secondary N) is 1. The van der Waals surface area contributed by atoms with Crippen LogP contribution in [0.4, 0.5) is 5.82 Å². The highest BCUT2D eigenvalue weighted by Crippen LogP contribution is 2.26. The van der Waals surface area contributed by atoms with Crippen LogP contribution >= 0.6 is 0 Å². The first-order valence-corrected chi connectivity index (χ1v) is 6.57. The van der Waals surface area contributed by atoms with Crippen LogP contribution in [0.15, 0.2) is 42.9 Å². The van der Waals surface area contributed by atoms with Crippen molar-refractivity contribution in [2.45, 2.75) is 6.92 Å². The summed E-state index contributed by atoms with van der Waals surface area (Å²) >= 11 is 0.